The zero-order valence-corrected chi connectivity index (χ0v) is 19.4. The van der Waals surface area contributed by atoms with Gasteiger partial charge in [0.05, 0.1) is 25.5 Å². The third kappa shape index (κ3) is 5.73. The van der Waals surface area contributed by atoms with Gasteiger partial charge >= 0.3 is 0 Å². The van der Waals surface area contributed by atoms with Crippen molar-refractivity contribution in [1.82, 2.24) is 20.0 Å². The van der Waals surface area contributed by atoms with Crippen molar-refractivity contribution in [2.75, 3.05) is 23.4 Å². The quantitative estimate of drug-likeness (QED) is 0.393. The molecule has 2 N–H and O–H groups in total. The van der Waals surface area contributed by atoms with Gasteiger partial charge in [0.15, 0.2) is 0 Å². The van der Waals surface area contributed by atoms with E-state index in [0.29, 0.717) is 29.1 Å². The highest BCUT2D eigenvalue weighted by atomic mass is 32.2. The smallest absolute Gasteiger partial charge is 0.261 e. The van der Waals surface area contributed by atoms with Crippen molar-refractivity contribution in [1.29, 1.82) is 0 Å². The molecule has 170 valence electrons. The van der Waals surface area contributed by atoms with E-state index < -0.39 is 15.9 Å². The Morgan fingerprint density at radius 2 is 1.85 bits per heavy atom. The molecule has 2 heterocycles. The lowest BCUT2D eigenvalue weighted by Gasteiger charge is -2.05. The Morgan fingerprint density at radius 1 is 1.09 bits per heavy atom. The summed E-state index contributed by atoms with van der Waals surface area (Å²) in [4.78, 5) is 13.1. The van der Waals surface area contributed by atoms with Gasteiger partial charge in [-0.3, -0.25) is 19.5 Å². The molecule has 0 saturated carbocycles. The largest absolute Gasteiger partial charge is 0.497 e. The van der Waals surface area contributed by atoms with Crippen LogP contribution in [0.15, 0.2) is 60.8 Å². The molecule has 0 aliphatic heterocycles. The number of hydrogen-bond donors (Lipinski definition) is 2. The fourth-order valence-corrected chi connectivity index (χ4v) is 4.53. The predicted octanol–water partition coefficient (Wildman–Crippen LogP) is 3.08. The molecule has 0 aliphatic rings. The molecule has 0 fully saturated rings. The molecule has 0 aliphatic carbocycles. The fraction of sp³-hybridized carbons (Fsp3) is 0.143. The van der Waals surface area contributed by atoms with E-state index in [1.807, 2.05) is 48.5 Å². The summed E-state index contributed by atoms with van der Waals surface area (Å²) in [5, 5.41) is 15.1. The maximum Gasteiger partial charge on any atom is 0.261 e. The molecule has 0 spiro atoms. The lowest BCUT2D eigenvalue weighted by atomic mass is 10.1. The summed E-state index contributed by atoms with van der Waals surface area (Å²) < 4.78 is 32.0. The standard InChI is InChI=1S/C21H20N6O4S2/c1-31-16-10-6-9-15(11-16)18-17(13-27(25-18)12-14-7-4-3-5-8-14)19(28)22-20-23-24-21(32-20)26-33(2,29)30/h3-11,13H,12H2,1-2H3,(H,24,26)(H,22,23,28). The molecule has 33 heavy (non-hydrogen) atoms. The monoisotopic (exact) mass is 484 g/mol. The van der Waals surface area contributed by atoms with E-state index in [0.717, 1.165) is 23.2 Å². The number of nitrogens with zero attached hydrogens (tertiary/aromatic N) is 4. The van der Waals surface area contributed by atoms with Crippen LogP contribution in [0.3, 0.4) is 0 Å². The maximum atomic E-state index is 13.1. The van der Waals surface area contributed by atoms with E-state index in [4.69, 9.17) is 4.74 Å². The second-order valence-corrected chi connectivity index (χ2v) is 9.77. The Bertz CT molecular complexity index is 1380. The predicted molar refractivity (Wildman–Crippen MR) is 126 cm³/mol. The summed E-state index contributed by atoms with van der Waals surface area (Å²) in [7, 11) is -1.93. The number of carbonyl (C=O) groups is 1. The molecule has 0 unspecified atom stereocenters. The number of rotatable bonds is 8. The van der Waals surface area contributed by atoms with E-state index in [-0.39, 0.29) is 10.3 Å². The van der Waals surface area contributed by atoms with Crippen LogP contribution < -0.4 is 14.8 Å². The molecular formula is C21H20N6O4S2. The Balaban J connectivity index is 1.65. The number of sulfonamides is 1. The van der Waals surface area contributed by atoms with E-state index in [1.54, 1.807) is 24.1 Å². The molecule has 2 aromatic heterocycles. The van der Waals surface area contributed by atoms with Crippen molar-refractivity contribution >= 4 is 37.5 Å². The Morgan fingerprint density at radius 3 is 2.58 bits per heavy atom. The van der Waals surface area contributed by atoms with E-state index in [2.05, 4.69) is 25.3 Å². The molecule has 10 nitrogen and oxygen atoms in total. The summed E-state index contributed by atoms with van der Waals surface area (Å²) in [5.74, 6) is 0.186. The number of anilines is 2. The van der Waals surface area contributed by atoms with Crippen LogP contribution >= 0.6 is 11.3 Å². The molecule has 0 atom stereocenters. The van der Waals surface area contributed by atoms with Crippen molar-refractivity contribution in [3.8, 4) is 17.0 Å². The van der Waals surface area contributed by atoms with Crippen molar-refractivity contribution < 1.29 is 17.9 Å². The van der Waals surface area contributed by atoms with E-state index >= 15 is 0 Å². The third-order valence-electron chi connectivity index (χ3n) is 4.46. The van der Waals surface area contributed by atoms with Crippen LogP contribution in [0.1, 0.15) is 15.9 Å². The van der Waals surface area contributed by atoms with Gasteiger partial charge in [-0.15, -0.1) is 10.2 Å². The van der Waals surface area contributed by atoms with Crippen molar-refractivity contribution in [2.45, 2.75) is 6.54 Å². The van der Waals surface area contributed by atoms with Gasteiger partial charge in [0.2, 0.25) is 20.3 Å². The first-order valence-corrected chi connectivity index (χ1v) is 12.4. The van der Waals surface area contributed by atoms with E-state index in [1.165, 1.54) is 0 Å². The average Bonchev–Trinajstić information content (AvgIpc) is 3.40. The number of ether oxygens (including phenoxy) is 1. The van der Waals surface area contributed by atoms with Crippen molar-refractivity contribution in [3.63, 3.8) is 0 Å². The number of nitrogens with one attached hydrogen (secondary N) is 2. The lowest BCUT2D eigenvalue weighted by Crippen LogP contribution is -2.12. The van der Waals surface area contributed by atoms with Crippen LogP contribution in [0.25, 0.3) is 11.3 Å². The fourth-order valence-electron chi connectivity index (χ4n) is 3.06. The van der Waals surface area contributed by atoms with Crippen molar-refractivity contribution in [2.24, 2.45) is 0 Å². The van der Waals surface area contributed by atoms with Gasteiger partial charge in [-0.25, -0.2) is 8.42 Å². The first-order valence-electron chi connectivity index (χ1n) is 9.69. The van der Waals surface area contributed by atoms with Gasteiger partial charge in [-0.1, -0.05) is 53.8 Å². The first-order chi connectivity index (χ1) is 15.8. The van der Waals surface area contributed by atoms with Crippen LogP contribution in [0.5, 0.6) is 5.75 Å². The SMILES string of the molecule is COc1cccc(-c2nn(Cc3ccccc3)cc2C(=O)Nc2nnc(NS(C)(=O)=O)s2)c1. The van der Waals surface area contributed by atoms with Crippen molar-refractivity contribution in [3.05, 3.63) is 71.9 Å². The van der Waals surface area contributed by atoms with Crippen LogP contribution in [0.4, 0.5) is 10.3 Å². The molecule has 0 saturated heterocycles. The number of amides is 1. The topological polar surface area (TPSA) is 128 Å². The Labute approximate surface area is 194 Å². The minimum Gasteiger partial charge on any atom is -0.497 e. The van der Waals surface area contributed by atoms with Crippen LogP contribution in [-0.2, 0) is 16.6 Å². The van der Waals surface area contributed by atoms with Crippen LogP contribution in [-0.4, -0.2) is 47.7 Å². The van der Waals surface area contributed by atoms with Gasteiger partial charge in [0.1, 0.15) is 11.4 Å². The molecule has 2 aromatic carbocycles. The molecular weight excluding hydrogens is 464 g/mol. The number of benzene rings is 2. The first kappa shape index (κ1) is 22.4. The Kier molecular flexibility index (Phi) is 6.38. The molecule has 0 radical (unpaired) electrons. The average molecular weight is 485 g/mol. The second kappa shape index (κ2) is 9.38. The second-order valence-electron chi connectivity index (χ2n) is 7.05. The maximum absolute atomic E-state index is 13.1. The molecule has 4 aromatic rings. The summed E-state index contributed by atoms with van der Waals surface area (Å²) in [5.41, 5.74) is 2.54. The molecule has 0 bridgehead atoms. The highest BCUT2D eigenvalue weighted by Crippen LogP contribution is 2.28. The van der Waals surface area contributed by atoms with E-state index in [9.17, 15) is 13.2 Å². The number of carbonyl (C=O) groups excluding carboxylic acids is 1. The van der Waals surface area contributed by atoms with Gasteiger partial charge in [0, 0.05) is 11.8 Å². The summed E-state index contributed by atoms with van der Waals surface area (Å²) in [6, 6.07) is 17.0. The van der Waals surface area contributed by atoms with Gasteiger partial charge < -0.3 is 4.74 Å². The lowest BCUT2D eigenvalue weighted by molar-refractivity contribution is 0.102. The summed E-state index contributed by atoms with van der Waals surface area (Å²) in [6.45, 7) is 0.478. The molecule has 4 rings (SSSR count). The molecule has 12 heteroatoms. The Hall–Kier alpha value is -3.77. The zero-order valence-electron chi connectivity index (χ0n) is 17.7. The minimum atomic E-state index is -3.50. The third-order valence-corrected chi connectivity index (χ3v) is 5.90. The highest BCUT2D eigenvalue weighted by molar-refractivity contribution is 7.92. The minimum absolute atomic E-state index is 0.0561. The molecule has 1 amide bonds. The van der Waals surface area contributed by atoms with Gasteiger partial charge in [-0.2, -0.15) is 5.10 Å². The van der Waals surface area contributed by atoms with Crippen LogP contribution in [0, 0.1) is 0 Å². The summed E-state index contributed by atoms with van der Waals surface area (Å²) >= 11 is 0.908. The van der Waals surface area contributed by atoms with Gasteiger partial charge in [-0.05, 0) is 17.7 Å². The van der Waals surface area contributed by atoms with Gasteiger partial charge in [0.25, 0.3) is 5.91 Å². The number of hydrogen-bond acceptors (Lipinski definition) is 8. The number of aromatic nitrogens is 4. The zero-order chi connectivity index (χ0) is 23.4. The number of methoxy groups -OCH3 is 1. The normalized spacial score (nSPS) is 11.2. The summed E-state index contributed by atoms with van der Waals surface area (Å²) in [6.07, 6.45) is 2.67. The van der Waals surface area contributed by atoms with Crippen LogP contribution in [0.2, 0.25) is 0 Å². The highest BCUT2D eigenvalue weighted by Gasteiger charge is 2.20.